The lowest BCUT2D eigenvalue weighted by molar-refractivity contribution is -0.137. The summed E-state index contributed by atoms with van der Waals surface area (Å²) in [4.78, 5) is 14.1. The molecule has 0 bridgehead atoms. The molecule has 0 radical (unpaired) electrons. The van der Waals surface area contributed by atoms with Crippen molar-refractivity contribution in [3.63, 3.8) is 0 Å². The Hall–Kier alpha value is -2.14. The van der Waals surface area contributed by atoms with Crippen LogP contribution in [0.4, 0.5) is 0 Å². The molecule has 0 unspecified atom stereocenters. The van der Waals surface area contributed by atoms with E-state index in [4.69, 9.17) is 4.74 Å². The Morgan fingerprint density at radius 1 is 1.25 bits per heavy atom. The van der Waals surface area contributed by atoms with Crippen molar-refractivity contribution >= 4 is 5.91 Å². The van der Waals surface area contributed by atoms with Crippen LogP contribution in [0.25, 0.3) is 0 Å². The molecular weight excluding hydrogens is 302 g/mol. The fourth-order valence-electron chi connectivity index (χ4n) is 3.08. The molecular formula is C19H25N3O2. The average Bonchev–Trinajstić information content (AvgIpc) is 2.85. The zero-order valence-electron chi connectivity index (χ0n) is 14.4. The van der Waals surface area contributed by atoms with Gasteiger partial charge in [-0.2, -0.15) is 5.10 Å². The molecule has 5 heteroatoms. The van der Waals surface area contributed by atoms with Gasteiger partial charge < -0.3 is 9.64 Å². The van der Waals surface area contributed by atoms with Crippen molar-refractivity contribution < 1.29 is 9.53 Å². The fraction of sp³-hybridized carbons (Fsp3) is 0.474. The van der Waals surface area contributed by atoms with E-state index in [1.165, 1.54) is 11.3 Å². The van der Waals surface area contributed by atoms with Crippen molar-refractivity contribution in [2.75, 3.05) is 19.7 Å². The van der Waals surface area contributed by atoms with Gasteiger partial charge in [-0.25, -0.2) is 0 Å². The Kier molecular flexibility index (Phi) is 5.30. The Balaban J connectivity index is 1.32. The summed E-state index contributed by atoms with van der Waals surface area (Å²) >= 11 is 0. The third-order valence-electron chi connectivity index (χ3n) is 4.40. The summed E-state index contributed by atoms with van der Waals surface area (Å²) in [6.45, 7) is 6.83. The third-order valence-corrected chi connectivity index (χ3v) is 4.40. The van der Waals surface area contributed by atoms with E-state index in [9.17, 15) is 4.79 Å². The molecule has 0 spiro atoms. The first-order chi connectivity index (χ1) is 11.6. The standard InChI is InChI=1S/C19H25N3O2/c1-15-11-16(2)22(20-15)18-12-21(13-18)19(23)9-6-10-24-14-17-7-4-3-5-8-17/h3-5,7-8,11,18H,6,9-10,12-14H2,1-2H3. The van der Waals surface area contributed by atoms with Crippen LogP contribution in [0.1, 0.15) is 35.8 Å². The highest BCUT2D eigenvalue weighted by Gasteiger charge is 2.32. The maximum absolute atomic E-state index is 12.2. The molecule has 5 nitrogen and oxygen atoms in total. The van der Waals surface area contributed by atoms with E-state index in [1.807, 2.05) is 46.8 Å². The van der Waals surface area contributed by atoms with Gasteiger partial charge >= 0.3 is 0 Å². The number of carbonyl (C=O) groups is 1. The predicted molar refractivity (Wildman–Crippen MR) is 92.7 cm³/mol. The molecule has 2 aromatic rings. The van der Waals surface area contributed by atoms with Crippen LogP contribution < -0.4 is 0 Å². The zero-order chi connectivity index (χ0) is 16.9. The Morgan fingerprint density at radius 3 is 2.67 bits per heavy atom. The van der Waals surface area contributed by atoms with E-state index >= 15 is 0 Å². The van der Waals surface area contributed by atoms with Crippen LogP contribution in [0.5, 0.6) is 0 Å². The summed E-state index contributed by atoms with van der Waals surface area (Å²) in [6.07, 6.45) is 1.32. The van der Waals surface area contributed by atoms with Crippen molar-refractivity contribution in [2.24, 2.45) is 0 Å². The van der Waals surface area contributed by atoms with E-state index in [2.05, 4.69) is 18.1 Å². The number of carbonyl (C=O) groups excluding carboxylic acids is 1. The van der Waals surface area contributed by atoms with Crippen molar-refractivity contribution in [1.29, 1.82) is 0 Å². The zero-order valence-corrected chi connectivity index (χ0v) is 14.4. The topological polar surface area (TPSA) is 47.4 Å². The summed E-state index contributed by atoms with van der Waals surface area (Å²) in [7, 11) is 0. The summed E-state index contributed by atoms with van der Waals surface area (Å²) in [5, 5.41) is 4.50. The molecule has 2 heterocycles. The van der Waals surface area contributed by atoms with E-state index in [1.54, 1.807) is 0 Å². The summed E-state index contributed by atoms with van der Waals surface area (Å²) in [5.74, 6) is 0.219. The number of hydrogen-bond acceptors (Lipinski definition) is 3. The molecule has 128 valence electrons. The van der Waals surface area contributed by atoms with E-state index in [-0.39, 0.29) is 5.91 Å². The van der Waals surface area contributed by atoms with Gasteiger partial charge in [0, 0.05) is 31.8 Å². The van der Waals surface area contributed by atoms with Gasteiger partial charge in [-0.3, -0.25) is 9.48 Å². The lowest BCUT2D eigenvalue weighted by Crippen LogP contribution is -2.51. The highest BCUT2D eigenvalue weighted by molar-refractivity contribution is 5.77. The van der Waals surface area contributed by atoms with Crippen LogP contribution in [0.15, 0.2) is 36.4 Å². The molecule has 1 amide bonds. The average molecular weight is 327 g/mol. The maximum atomic E-state index is 12.2. The van der Waals surface area contributed by atoms with Crippen molar-refractivity contribution in [2.45, 2.75) is 39.3 Å². The van der Waals surface area contributed by atoms with Crippen LogP contribution in [-0.4, -0.2) is 40.3 Å². The van der Waals surface area contributed by atoms with Crippen molar-refractivity contribution in [3.05, 3.63) is 53.3 Å². The smallest absolute Gasteiger partial charge is 0.222 e. The minimum absolute atomic E-state index is 0.219. The minimum atomic E-state index is 0.219. The Morgan fingerprint density at radius 2 is 2.00 bits per heavy atom. The Bertz CT molecular complexity index is 675. The van der Waals surface area contributed by atoms with Gasteiger partial charge in [0.2, 0.25) is 5.91 Å². The number of ether oxygens (including phenoxy) is 1. The van der Waals surface area contributed by atoms with Gasteiger partial charge in [0.15, 0.2) is 0 Å². The molecule has 1 fully saturated rings. The molecule has 1 saturated heterocycles. The lowest BCUT2D eigenvalue weighted by Gasteiger charge is -2.39. The number of likely N-dealkylation sites (tertiary alicyclic amines) is 1. The summed E-state index contributed by atoms with van der Waals surface area (Å²) in [6, 6.07) is 12.5. The number of amides is 1. The van der Waals surface area contributed by atoms with Gasteiger partial charge in [0.05, 0.1) is 18.3 Å². The predicted octanol–water partition coefficient (Wildman–Crippen LogP) is 2.88. The lowest BCUT2D eigenvalue weighted by atomic mass is 10.1. The molecule has 1 aromatic heterocycles. The van der Waals surface area contributed by atoms with Gasteiger partial charge in [0.25, 0.3) is 0 Å². The van der Waals surface area contributed by atoms with Crippen molar-refractivity contribution in [3.8, 4) is 0 Å². The summed E-state index contributed by atoms with van der Waals surface area (Å²) < 4.78 is 7.67. The first kappa shape index (κ1) is 16.7. The molecule has 3 rings (SSSR count). The minimum Gasteiger partial charge on any atom is -0.377 e. The molecule has 0 aliphatic carbocycles. The van der Waals surface area contributed by atoms with E-state index in [0.717, 1.165) is 25.2 Å². The van der Waals surface area contributed by atoms with Gasteiger partial charge in [0.1, 0.15) is 0 Å². The van der Waals surface area contributed by atoms with Gasteiger partial charge in [-0.15, -0.1) is 0 Å². The molecule has 1 aromatic carbocycles. The molecule has 1 aliphatic heterocycles. The van der Waals surface area contributed by atoms with Gasteiger partial charge in [-0.05, 0) is 31.9 Å². The van der Waals surface area contributed by atoms with Gasteiger partial charge in [-0.1, -0.05) is 30.3 Å². The van der Waals surface area contributed by atoms with Crippen LogP contribution in [0, 0.1) is 13.8 Å². The van der Waals surface area contributed by atoms with Crippen molar-refractivity contribution in [1.82, 2.24) is 14.7 Å². The first-order valence-corrected chi connectivity index (χ1v) is 8.55. The van der Waals surface area contributed by atoms with E-state index < -0.39 is 0 Å². The molecule has 0 saturated carbocycles. The second-order valence-corrected chi connectivity index (χ2v) is 6.47. The highest BCUT2D eigenvalue weighted by atomic mass is 16.5. The van der Waals surface area contributed by atoms with E-state index in [0.29, 0.717) is 25.7 Å². The quantitative estimate of drug-likeness (QED) is 0.735. The fourth-order valence-corrected chi connectivity index (χ4v) is 3.08. The Labute approximate surface area is 143 Å². The largest absolute Gasteiger partial charge is 0.377 e. The first-order valence-electron chi connectivity index (χ1n) is 8.55. The van der Waals surface area contributed by atoms with Crippen LogP contribution in [0.3, 0.4) is 0 Å². The summed E-state index contributed by atoms with van der Waals surface area (Å²) in [5.41, 5.74) is 3.37. The highest BCUT2D eigenvalue weighted by Crippen LogP contribution is 2.23. The number of benzene rings is 1. The number of aryl methyl sites for hydroxylation is 2. The molecule has 24 heavy (non-hydrogen) atoms. The third kappa shape index (κ3) is 4.03. The normalized spacial score (nSPS) is 14.7. The maximum Gasteiger partial charge on any atom is 0.222 e. The molecule has 1 aliphatic rings. The van der Waals surface area contributed by atoms with Crippen LogP contribution >= 0.6 is 0 Å². The molecule has 0 atom stereocenters. The second-order valence-electron chi connectivity index (χ2n) is 6.47. The van der Waals surface area contributed by atoms with Crippen LogP contribution in [0.2, 0.25) is 0 Å². The number of aromatic nitrogens is 2. The molecule has 0 N–H and O–H groups in total. The number of hydrogen-bond donors (Lipinski definition) is 0. The number of nitrogens with zero attached hydrogens (tertiary/aromatic N) is 3. The monoisotopic (exact) mass is 327 g/mol. The number of rotatable bonds is 7. The SMILES string of the molecule is Cc1cc(C)n(C2CN(C(=O)CCCOCc3ccccc3)C2)n1. The van der Waals surface area contributed by atoms with Crippen LogP contribution in [-0.2, 0) is 16.1 Å². The second kappa shape index (κ2) is 7.62.